The molecule has 13 heteroatoms. The molecule has 0 unspecified atom stereocenters. The molecule has 12 nitrogen and oxygen atoms in total. The molecule has 0 aromatic carbocycles. The number of nitrogens with one attached hydrogen (secondary N) is 3. The number of aliphatic hydroxyl groups is 1. The number of carbonyl (C=O) groups is 5. The third-order valence-electron chi connectivity index (χ3n) is 3.06. The van der Waals surface area contributed by atoms with E-state index in [4.69, 9.17) is 21.1 Å². The fourth-order valence-electron chi connectivity index (χ4n) is 1.64. The summed E-state index contributed by atoms with van der Waals surface area (Å²) >= 11 is 3.88. The highest BCUT2D eigenvalue weighted by atomic mass is 32.1. The first kappa shape index (κ1) is 23.6. The molecule has 0 fully saturated rings. The molecular formula is C13H22N4O8S. The average molecular weight is 394 g/mol. The molecule has 0 saturated heterocycles. The smallest absolute Gasteiger partial charge is 0.326 e. The third-order valence-corrected chi connectivity index (χ3v) is 3.42. The van der Waals surface area contributed by atoms with Gasteiger partial charge in [0.2, 0.25) is 17.7 Å². The molecule has 0 saturated carbocycles. The Morgan fingerprint density at radius 3 is 2.08 bits per heavy atom. The summed E-state index contributed by atoms with van der Waals surface area (Å²) in [5.41, 5.74) is 5.26. The lowest BCUT2D eigenvalue weighted by Gasteiger charge is -2.18. The van der Waals surface area contributed by atoms with Crippen LogP contribution < -0.4 is 21.7 Å². The molecule has 0 aliphatic heterocycles. The highest BCUT2D eigenvalue weighted by Gasteiger charge is 2.25. The van der Waals surface area contributed by atoms with Crippen LogP contribution in [-0.4, -0.2) is 82.0 Å². The maximum absolute atomic E-state index is 11.8. The number of carboxylic acid groups (broad SMARTS) is 2. The van der Waals surface area contributed by atoms with Gasteiger partial charge in [0.15, 0.2) is 0 Å². The van der Waals surface area contributed by atoms with Crippen molar-refractivity contribution >= 4 is 42.3 Å². The normalized spacial score (nSPS) is 13.8. The Balaban J connectivity index is 4.57. The summed E-state index contributed by atoms with van der Waals surface area (Å²) in [6.45, 7) is -1.30. The molecule has 0 aliphatic carbocycles. The summed E-state index contributed by atoms with van der Waals surface area (Å²) in [6, 6.07) is -3.82. The summed E-state index contributed by atoms with van der Waals surface area (Å²) in [5.74, 6) is -5.11. The number of aliphatic hydroxyl groups excluding tert-OH is 1. The van der Waals surface area contributed by atoms with E-state index in [9.17, 15) is 24.0 Å². The highest BCUT2D eigenvalue weighted by Crippen LogP contribution is 2.00. The van der Waals surface area contributed by atoms with Gasteiger partial charge < -0.3 is 37.0 Å². The van der Waals surface area contributed by atoms with Crippen molar-refractivity contribution in [2.24, 2.45) is 5.73 Å². The number of carbonyl (C=O) groups excluding carboxylic acids is 3. The molecule has 0 heterocycles. The van der Waals surface area contributed by atoms with Crippen LogP contribution in [0.3, 0.4) is 0 Å². The van der Waals surface area contributed by atoms with Gasteiger partial charge in [0.25, 0.3) is 0 Å². The van der Waals surface area contributed by atoms with Gasteiger partial charge in [0.1, 0.15) is 24.7 Å². The molecule has 3 atom stereocenters. The van der Waals surface area contributed by atoms with Crippen LogP contribution in [0.4, 0.5) is 0 Å². The van der Waals surface area contributed by atoms with Gasteiger partial charge in [0, 0.05) is 12.2 Å². The lowest BCUT2D eigenvalue weighted by Crippen LogP contribution is -2.51. The van der Waals surface area contributed by atoms with Crippen molar-refractivity contribution in [1.29, 1.82) is 0 Å². The highest BCUT2D eigenvalue weighted by molar-refractivity contribution is 7.80. The number of hydrogen-bond donors (Lipinski definition) is 8. The first-order valence-electron chi connectivity index (χ1n) is 7.41. The molecule has 0 bridgehead atoms. The average Bonchev–Trinajstić information content (AvgIpc) is 2.59. The first-order chi connectivity index (χ1) is 12.1. The predicted molar refractivity (Wildman–Crippen MR) is 90.3 cm³/mol. The van der Waals surface area contributed by atoms with Gasteiger partial charge in [-0.25, -0.2) is 4.79 Å². The third kappa shape index (κ3) is 9.19. The predicted octanol–water partition coefficient (Wildman–Crippen LogP) is -3.73. The Kier molecular flexibility index (Phi) is 10.9. The van der Waals surface area contributed by atoms with Crippen molar-refractivity contribution in [3.05, 3.63) is 0 Å². The Morgan fingerprint density at radius 2 is 1.62 bits per heavy atom. The zero-order valence-corrected chi connectivity index (χ0v) is 14.6. The lowest BCUT2D eigenvalue weighted by atomic mass is 10.1. The Bertz CT molecular complexity index is 544. The van der Waals surface area contributed by atoms with Crippen LogP contribution in [0.1, 0.15) is 12.8 Å². The minimum atomic E-state index is -1.42. The fraction of sp³-hybridized carbons (Fsp3) is 0.615. The van der Waals surface area contributed by atoms with Crippen molar-refractivity contribution in [3.8, 4) is 0 Å². The molecular weight excluding hydrogens is 372 g/mol. The van der Waals surface area contributed by atoms with Crippen molar-refractivity contribution in [3.63, 3.8) is 0 Å². The molecule has 0 aromatic heterocycles. The zero-order chi connectivity index (χ0) is 20.3. The topological polar surface area (TPSA) is 208 Å². The van der Waals surface area contributed by atoms with Crippen LogP contribution >= 0.6 is 12.6 Å². The summed E-state index contributed by atoms with van der Waals surface area (Å²) in [5, 5.41) is 32.7. The number of carboxylic acids is 2. The SMILES string of the molecule is N[C@H](CO)C(=O)N[C@@H](CCC(=O)N[C@@H](CS)C(=O)NCC(=O)O)C(=O)O. The van der Waals surface area contributed by atoms with E-state index in [1.165, 1.54) is 0 Å². The van der Waals surface area contributed by atoms with E-state index in [0.29, 0.717) is 0 Å². The van der Waals surface area contributed by atoms with E-state index < -0.39 is 60.9 Å². The summed E-state index contributed by atoms with van der Waals surface area (Å²) < 4.78 is 0. The van der Waals surface area contributed by atoms with Crippen molar-refractivity contribution < 1.29 is 39.3 Å². The monoisotopic (exact) mass is 394 g/mol. The Morgan fingerprint density at radius 1 is 1.00 bits per heavy atom. The summed E-state index contributed by atoms with van der Waals surface area (Å²) in [4.78, 5) is 56.5. The first-order valence-corrected chi connectivity index (χ1v) is 8.04. The second-order valence-corrected chi connectivity index (χ2v) is 5.51. The Labute approximate surface area is 153 Å². The van der Waals surface area contributed by atoms with Crippen LogP contribution in [0.2, 0.25) is 0 Å². The Hall–Kier alpha value is -2.38. The minimum absolute atomic E-state index is 0.109. The molecule has 0 radical (unpaired) electrons. The van der Waals surface area contributed by atoms with E-state index in [2.05, 4.69) is 28.6 Å². The number of amides is 3. The maximum Gasteiger partial charge on any atom is 0.326 e. The van der Waals surface area contributed by atoms with Gasteiger partial charge >= 0.3 is 11.9 Å². The van der Waals surface area contributed by atoms with Gasteiger partial charge in [-0.15, -0.1) is 0 Å². The molecule has 0 rings (SSSR count). The van der Waals surface area contributed by atoms with Crippen LogP contribution in [0, 0.1) is 0 Å². The fourth-order valence-corrected chi connectivity index (χ4v) is 1.90. The molecule has 26 heavy (non-hydrogen) atoms. The second-order valence-electron chi connectivity index (χ2n) is 5.14. The standard InChI is InChI=1S/C13H22N4O8S/c14-6(4-18)11(22)17-7(13(24)25)1-2-9(19)16-8(5-26)12(23)15-3-10(20)21/h6-8,18,26H,1-5,14H2,(H,15,23)(H,16,19)(H,17,22)(H,20,21)(H,24,25)/t6-,7+,8+/m1/s1. The molecule has 0 aliphatic rings. The number of rotatable bonds is 12. The number of hydrogen-bond acceptors (Lipinski definition) is 8. The van der Waals surface area contributed by atoms with E-state index in [1.807, 2.05) is 0 Å². The van der Waals surface area contributed by atoms with Crippen LogP contribution in [0.25, 0.3) is 0 Å². The molecule has 3 amide bonds. The van der Waals surface area contributed by atoms with Crippen LogP contribution in [0.5, 0.6) is 0 Å². The van der Waals surface area contributed by atoms with Crippen LogP contribution in [-0.2, 0) is 24.0 Å². The lowest BCUT2D eigenvalue weighted by molar-refractivity contribution is -0.142. The van der Waals surface area contributed by atoms with Crippen molar-refractivity contribution in [1.82, 2.24) is 16.0 Å². The van der Waals surface area contributed by atoms with Gasteiger partial charge in [-0.05, 0) is 6.42 Å². The number of aliphatic carboxylic acids is 2. The van der Waals surface area contributed by atoms with Crippen LogP contribution in [0.15, 0.2) is 0 Å². The van der Waals surface area contributed by atoms with E-state index in [1.54, 1.807) is 0 Å². The van der Waals surface area contributed by atoms with Gasteiger partial charge in [-0.1, -0.05) is 0 Å². The van der Waals surface area contributed by atoms with Gasteiger partial charge in [-0.2, -0.15) is 12.6 Å². The van der Waals surface area contributed by atoms with E-state index in [-0.39, 0.29) is 18.6 Å². The summed E-state index contributed by atoms with van der Waals surface area (Å²) in [7, 11) is 0. The summed E-state index contributed by atoms with van der Waals surface area (Å²) in [6.07, 6.45) is -0.636. The van der Waals surface area contributed by atoms with Gasteiger partial charge in [-0.3, -0.25) is 19.2 Å². The molecule has 0 aromatic rings. The number of nitrogens with two attached hydrogens (primary N) is 1. The zero-order valence-electron chi connectivity index (χ0n) is 13.7. The van der Waals surface area contributed by atoms with E-state index in [0.717, 1.165) is 0 Å². The molecule has 148 valence electrons. The van der Waals surface area contributed by atoms with Crippen molar-refractivity contribution in [2.75, 3.05) is 18.9 Å². The second kappa shape index (κ2) is 12.1. The quantitative estimate of drug-likeness (QED) is 0.153. The minimum Gasteiger partial charge on any atom is -0.480 e. The largest absolute Gasteiger partial charge is 0.480 e. The molecule has 0 spiro atoms. The van der Waals surface area contributed by atoms with Crippen molar-refractivity contribution in [2.45, 2.75) is 31.0 Å². The van der Waals surface area contributed by atoms with E-state index >= 15 is 0 Å². The van der Waals surface area contributed by atoms with Gasteiger partial charge in [0.05, 0.1) is 6.61 Å². The molecule has 8 N–H and O–H groups in total. The maximum atomic E-state index is 11.8. The number of thiol groups is 1.